The van der Waals surface area contributed by atoms with Gasteiger partial charge in [0.1, 0.15) is 3.70 Å². The maximum absolute atomic E-state index is 12.5. The molecule has 0 fully saturated rings. The van der Waals surface area contributed by atoms with Gasteiger partial charge in [0.05, 0.1) is 11.3 Å². The summed E-state index contributed by atoms with van der Waals surface area (Å²) in [5.74, 6) is -1.28. The molecule has 0 aliphatic carbocycles. The molecule has 0 unspecified atom stereocenters. The van der Waals surface area contributed by atoms with E-state index in [-0.39, 0.29) is 21.5 Å². The van der Waals surface area contributed by atoms with Crippen molar-refractivity contribution in [2.24, 2.45) is 5.73 Å². The summed E-state index contributed by atoms with van der Waals surface area (Å²) in [6, 6.07) is 0.921. The fraction of sp³-hybridized carbons (Fsp3) is 0.250. The minimum absolute atomic E-state index is 0.0272. The minimum Gasteiger partial charge on any atom is -0.478 e. The Balaban J connectivity index is 3.37. The van der Waals surface area contributed by atoms with Crippen LogP contribution >= 0.6 is 22.6 Å². The molecule has 1 aromatic heterocycles. The Bertz CT molecular complexity index is 398. The first-order chi connectivity index (χ1) is 6.97. The van der Waals surface area contributed by atoms with Crippen LogP contribution in [0.3, 0.4) is 0 Å². The van der Waals surface area contributed by atoms with E-state index in [1.807, 2.05) is 0 Å². The quantitative estimate of drug-likeness (QED) is 0.655. The molecular weight excluding hydrogens is 321 g/mol. The zero-order valence-corrected chi connectivity index (χ0v) is 9.53. The van der Waals surface area contributed by atoms with Gasteiger partial charge in [-0.2, -0.15) is 0 Å². The van der Waals surface area contributed by atoms with Crippen molar-refractivity contribution in [1.82, 2.24) is 4.98 Å². The van der Waals surface area contributed by atoms with Gasteiger partial charge in [-0.1, -0.05) is 0 Å². The lowest BCUT2D eigenvalue weighted by Gasteiger charge is -2.08. The van der Waals surface area contributed by atoms with Crippen LogP contribution in [0.5, 0.6) is 0 Å². The standard InChI is InChI=1S/C8H7F2IN2O2/c9-6(10)3-1-4(8(14)15)7(11)13-5(3)2-12/h1,6H,2,12H2,(H,14,15). The maximum atomic E-state index is 12.5. The van der Waals surface area contributed by atoms with Crippen molar-refractivity contribution in [2.75, 3.05) is 0 Å². The number of carboxylic acid groups (broad SMARTS) is 1. The molecule has 1 rings (SSSR count). The molecule has 0 spiro atoms. The number of aromatic carboxylic acids is 1. The predicted octanol–water partition coefficient (Wildman–Crippen LogP) is 1.78. The highest BCUT2D eigenvalue weighted by Crippen LogP contribution is 2.24. The van der Waals surface area contributed by atoms with Crippen LogP contribution in [0.4, 0.5) is 8.78 Å². The van der Waals surface area contributed by atoms with Gasteiger partial charge in [-0.15, -0.1) is 0 Å². The summed E-state index contributed by atoms with van der Waals surface area (Å²) in [6.45, 7) is -0.143. The molecule has 0 amide bonds. The van der Waals surface area contributed by atoms with Crippen molar-refractivity contribution < 1.29 is 18.7 Å². The number of carboxylic acids is 1. The summed E-state index contributed by atoms with van der Waals surface area (Å²) >= 11 is 1.67. The van der Waals surface area contributed by atoms with Gasteiger partial charge < -0.3 is 10.8 Å². The van der Waals surface area contributed by atoms with E-state index in [0.717, 1.165) is 6.07 Å². The third-order valence-corrected chi connectivity index (χ3v) is 2.57. The highest BCUT2D eigenvalue weighted by atomic mass is 127. The molecule has 1 aromatic rings. The average molecular weight is 328 g/mol. The van der Waals surface area contributed by atoms with Gasteiger partial charge in [0.2, 0.25) is 0 Å². The lowest BCUT2D eigenvalue weighted by atomic mass is 10.1. The number of pyridine rings is 1. The molecule has 4 nitrogen and oxygen atoms in total. The highest BCUT2D eigenvalue weighted by Gasteiger charge is 2.19. The Hall–Kier alpha value is -0.830. The molecule has 1 heterocycles. The Morgan fingerprint density at radius 2 is 2.27 bits per heavy atom. The molecule has 82 valence electrons. The molecule has 0 radical (unpaired) electrons. The Labute approximate surface area is 97.6 Å². The number of alkyl halides is 2. The van der Waals surface area contributed by atoms with Crippen molar-refractivity contribution in [3.63, 3.8) is 0 Å². The number of nitrogens with two attached hydrogens (primary N) is 1. The number of nitrogens with zero attached hydrogens (tertiary/aromatic N) is 1. The summed E-state index contributed by atoms with van der Waals surface area (Å²) in [7, 11) is 0. The van der Waals surface area contributed by atoms with Crippen LogP contribution in [0.15, 0.2) is 6.07 Å². The first-order valence-electron chi connectivity index (χ1n) is 3.88. The van der Waals surface area contributed by atoms with Crippen LogP contribution in [0.1, 0.15) is 28.0 Å². The summed E-state index contributed by atoms with van der Waals surface area (Å²) in [4.78, 5) is 14.4. The monoisotopic (exact) mass is 328 g/mol. The first-order valence-corrected chi connectivity index (χ1v) is 4.96. The van der Waals surface area contributed by atoms with Gasteiger partial charge in [-0.3, -0.25) is 0 Å². The van der Waals surface area contributed by atoms with Crippen LogP contribution in [0, 0.1) is 3.70 Å². The van der Waals surface area contributed by atoms with Crippen LogP contribution < -0.4 is 5.73 Å². The van der Waals surface area contributed by atoms with Gasteiger partial charge >= 0.3 is 5.97 Å². The van der Waals surface area contributed by atoms with Gasteiger partial charge in [-0.05, 0) is 28.7 Å². The van der Waals surface area contributed by atoms with Gasteiger partial charge in [0.25, 0.3) is 6.43 Å². The van der Waals surface area contributed by atoms with E-state index < -0.39 is 18.0 Å². The fourth-order valence-electron chi connectivity index (χ4n) is 1.04. The largest absolute Gasteiger partial charge is 0.478 e. The second-order valence-corrected chi connectivity index (χ2v) is 3.69. The van der Waals surface area contributed by atoms with Crippen molar-refractivity contribution in [3.8, 4) is 0 Å². The molecule has 0 bridgehead atoms. The van der Waals surface area contributed by atoms with E-state index in [4.69, 9.17) is 10.8 Å². The third kappa shape index (κ3) is 2.59. The van der Waals surface area contributed by atoms with Crippen molar-refractivity contribution in [1.29, 1.82) is 0 Å². The SMILES string of the molecule is NCc1nc(I)c(C(=O)O)cc1C(F)F. The normalized spacial score (nSPS) is 10.7. The number of hydrogen-bond donors (Lipinski definition) is 2. The molecule has 0 atom stereocenters. The number of hydrogen-bond acceptors (Lipinski definition) is 3. The smallest absolute Gasteiger partial charge is 0.338 e. The Morgan fingerprint density at radius 1 is 1.67 bits per heavy atom. The molecule has 15 heavy (non-hydrogen) atoms. The average Bonchev–Trinajstić information content (AvgIpc) is 2.16. The molecule has 0 aliphatic rings. The predicted molar refractivity (Wildman–Crippen MR) is 56.8 cm³/mol. The second kappa shape index (κ2) is 4.79. The fourth-order valence-corrected chi connectivity index (χ4v) is 1.72. The van der Waals surface area contributed by atoms with Gasteiger partial charge in [-0.25, -0.2) is 18.6 Å². The highest BCUT2D eigenvalue weighted by molar-refractivity contribution is 14.1. The van der Waals surface area contributed by atoms with Crippen molar-refractivity contribution in [3.05, 3.63) is 26.6 Å². The molecular formula is C8H7F2IN2O2. The van der Waals surface area contributed by atoms with E-state index in [9.17, 15) is 13.6 Å². The minimum atomic E-state index is -2.77. The van der Waals surface area contributed by atoms with Crippen LogP contribution in [0.25, 0.3) is 0 Å². The van der Waals surface area contributed by atoms with E-state index in [1.54, 1.807) is 22.6 Å². The lowest BCUT2D eigenvalue weighted by Crippen LogP contribution is -2.11. The van der Waals surface area contributed by atoms with E-state index in [1.165, 1.54) is 0 Å². The second-order valence-electron chi connectivity index (χ2n) is 2.67. The topological polar surface area (TPSA) is 76.2 Å². The maximum Gasteiger partial charge on any atom is 0.338 e. The van der Waals surface area contributed by atoms with E-state index >= 15 is 0 Å². The molecule has 7 heteroatoms. The zero-order chi connectivity index (χ0) is 11.6. The first kappa shape index (κ1) is 12.2. The molecule has 0 aromatic carbocycles. The number of carbonyl (C=O) groups is 1. The van der Waals surface area contributed by atoms with E-state index in [0.29, 0.717) is 0 Å². The van der Waals surface area contributed by atoms with Gasteiger partial charge in [0.15, 0.2) is 0 Å². The summed E-state index contributed by atoms with van der Waals surface area (Å²) < 4.78 is 25.2. The summed E-state index contributed by atoms with van der Waals surface area (Å²) in [6.07, 6.45) is -2.77. The van der Waals surface area contributed by atoms with E-state index in [2.05, 4.69) is 4.98 Å². The molecule has 0 saturated carbocycles. The number of halogens is 3. The number of rotatable bonds is 3. The Kier molecular flexibility index (Phi) is 3.91. The van der Waals surface area contributed by atoms with Crippen LogP contribution in [-0.2, 0) is 6.54 Å². The summed E-state index contributed by atoms with van der Waals surface area (Å²) in [5.41, 5.74) is 4.61. The Morgan fingerprint density at radius 3 is 2.67 bits per heavy atom. The summed E-state index contributed by atoms with van der Waals surface area (Å²) in [5, 5.41) is 8.71. The number of aromatic nitrogens is 1. The molecule has 0 aliphatic heterocycles. The van der Waals surface area contributed by atoms with Crippen LogP contribution in [0.2, 0.25) is 0 Å². The molecule has 0 saturated heterocycles. The van der Waals surface area contributed by atoms with Crippen molar-refractivity contribution >= 4 is 28.6 Å². The van der Waals surface area contributed by atoms with Crippen LogP contribution in [-0.4, -0.2) is 16.1 Å². The zero-order valence-electron chi connectivity index (χ0n) is 7.38. The third-order valence-electron chi connectivity index (χ3n) is 1.75. The lowest BCUT2D eigenvalue weighted by molar-refractivity contribution is 0.0694. The van der Waals surface area contributed by atoms with Crippen molar-refractivity contribution in [2.45, 2.75) is 13.0 Å². The molecule has 3 N–H and O–H groups in total. The van der Waals surface area contributed by atoms with Gasteiger partial charge in [0, 0.05) is 12.1 Å².